The first kappa shape index (κ1) is 24.5. The van der Waals surface area contributed by atoms with E-state index < -0.39 is 6.67 Å². The van der Waals surface area contributed by atoms with Gasteiger partial charge in [0.05, 0.1) is 22.3 Å². The third-order valence-electron chi connectivity index (χ3n) is 6.25. The Morgan fingerprint density at radius 3 is 2.73 bits per heavy atom. The van der Waals surface area contributed by atoms with Gasteiger partial charge in [0.1, 0.15) is 23.8 Å². The number of ether oxygens (including phenoxy) is 1. The van der Waals surface area contributed by atoms with Crippen LogP contribution in [0.3, 0.4) is 0 Å². The molecule has 2 N–H and O–H groups in total. The van der Waals surface area contributed by atoms with Crippen LogP contribution in [0.15, 0.2) is 71.8 Å². The van der Waals surface area contributed by atoms with E-state index in [4.69, 9.17) is 22.1 Å². The van der Waals surface area contributed by atoms with Crippen LogP contribution in [0.5, 0.6) is 11.6 Å². The predicted molar refractivity (Wildman–Crippen MR) is 139 cm³/mol. The third-order valence-corrected chi connectivity index (χ3v) is 6.48. The zero-order valence-corrected chi connectivity index (χ0v) is 20.5. The summed E-state index contributed by atoms with van der Waals surface area (Å²) in [5.41, 5.74) is 7.65. The highest BCUT2D eigenvalue weighted by molar-refractivity contribution is 6.30. The number of carbonyl (C=O) groups excluding carboxylic acids is 1. The lowest BCUT2D eigenvalue weighted by Gasteiger charge is -2.32. The maximum atomic E-state index is 13.8. The van der Waals surface area contributed by atoms with Gasteiger partial charge in [0.25, 0.3) is 0 Å². The van der Waals surface area contributed by atoms with E-state index in [2.05, 4.69) is 9.97 Å². The summed E-state index contributed by atoms with van der Waals surface area (Å²) in [6.45, 7) is 0.173. The van der Waals surface area contributed by atoms with Gasteiger partial charge in [-0.2, -0.15) is 0 Å². The van der Waals surface area contributed by atoms with Crippen LogP contribution in [0.4, 0.5) is 10.2 Å². The van der Waals surface area contributed by atoms with Crippen molar-refractivity contribution >= 4 is 34.4 Å². The van der Waals surface area contributed by atoms with Gasteiger partial charge >= 0.3 is 5.69 Å². The lowest BCUT2D eigenvalue weighted by molar-refractivity contribution is -0.127. The summed E-state index contributed by atoms with van der Waals surface area (Å²) >= 11 is 5.88. The number of likely N-dealkylation sites (tertiary alicyclic amines) is 1. The number of benzene rings is 1. The molecule has 190 valence electrons. The molecule has 4 heterocycles. The molecule has 11 heteroatoms. The van der Waals surface area contributed by atoms with Crippen molar-refractivity contribution in [3.63, 3.8) is 0 Å². The zero-order valence-electron chi connectivity index (χ0n) is 19.8. The maximum Gasteiger partial charge on any atom is 0.334 e. The molecule has 0 bridgehead atoms. The zero-order chi connectivity index (χ0) is 25.9. The minimum Gasteiger partial charge on any atom is -0.439 e. The number of nitrogens with two attached hydrogens (primary N) is 1. The lowest BCUT2D eigenvalue weighted by atomic mass is 10.1. The number of imidazole rings is 1. The van der Waals surface area contributed by atoms with Gasteiger partial charge in [-0.05, 0) is 55.3 Å². The number of nitrogens with zero attached hydrogens (tertiary/aromatic N) is 5. The van der Waals surface area contributed by atoms with Crippen molar-refractivity contribution in [1.82, 2.24) is 24.0 Å². The lowest BCUT2D eigenvalue weighted by Crippen LogP contribution is -2.42. The van der Waals surface area contributed by atoms with Gasteiger partial charge in [-0.25, -0.2) is 19.2 Å². The number of amides is 1. The number of piperidine rings is 1. The molecule has 1 atom stereocenters. The summed E-state index contributed by atoms with van der Waals surface area (Å²) in [4.78, 5) is 36.2. The molecule has 1 fully saturated rings. The fraction of sp³-hybridized carbons (Fsp3) is 0.231. The Bertz CT molecular complexity index is 1510. The maximum absolute atomic E-state index is 13.8. The molecule has 1 aliphatic heterocycles. The third kappa shape index (κ3) is 4.92. The van der Waals surface area contributed by atoms with Gasteiger partial charge in [0.15, 0.2) is 0 Å². The van der Waals surface area contributed by atoms with Crippen molar-refractivity contribution < 1.29 is 13.9 Å². The standard InChI is InChI=1S/C26H24ClFN6O3/c27-17-5-10-22(31-15-17)37-20-8-6-18(7-9-20)34-24-21(11-13-30-25(24)29)33(26(34)36)19-3-2-14-32(16-19)23(35)4-1-12-28/h1,4-11,13,15,19H,2-3,12,14,16H2,(H2,29,30)/b4-1+/t19-/m1/s1. The van der Waals surface area contributed by atoms with Crippen molar-refractivity contribution in [1.29, 1.82) is 0 Å². The number of rotatable bonds is 6. The molecule has 0 spiro atoms. The molecular weight excluding hydrogens is 499 g/mol. The largest absolute Gasteiger partial charge is 0.439 e. The van der Waals surface area contributed by atoms with E-state index in [1.807, 2.05) is 0 Å². The van der Waals surface area contributed by atoms with Gasteiger partial charge in [-0.3, -0.25) is 13.9 Å². The first-order chi connectivity index (χ1) is 18.0. The first-order valence-electron chi connectivity index (χ1n) is 11.7. The van der Waals surface area contributed by atoms with Crippen LogP contribution in [-0.4, -0.2) is 49.7 Å². The number of hydrogen-bond donors (Lipinski definition) is 1. The van der Waals surface area contributed by atoms with Gasteiger partial charge in [-0.1, -0.05) is 11.6 Å². The van der Waals surface area contributed by atoms with Gasteiger partial charge < -0.3 is 15.4 Å². The monoisotopic (exact) mass is 522 g/mol. The highest BCUT2D eigenvalue weighted by atomic mass is 35.5. The number of allylic oxidation sites excluding steroid dienone is 1. The Morgan fingerprint density at radius 1 is 1.19 bits per heavy atom. The number of hydrogen-bond acceptors (Lipinski definition) is 6. The van der Waals surface area contributed by atoms with E-state index in [0.717, 1.165) is 0 Å². The molecule has 9 nitrogen and oxygen atoms in total. The van der Waals surface area contributed by atoms with E-state index >= 15 is 0 Å². The highest BCUT2D eigenvalue weighted by Gasteiger charge is 2.28. The van der Waals surface area contributed by atoms with Crippen LogP contribution in [0.2, 0.25) is 5.02 Å². The molecule has 0 unspecified atom stereocenters. The Morgan fingerprint density at radius 2 is 2.00 bits per heavy atom. The van der Waals surface area contributed by atoms with E-state index in [0.29, 0.717) is 59.3 Å². The van der Waals surface area contributed by atoms with Crippen LogP contribution in [-0.2, 0) is 4.79 Å². The smallest absolute Gasteiger partial charge is 0.334 e. The molecule has 0 aliphatic carbocycles. The minimum absolute atomic E-state index is 0.216. The number of aromatic nitrogens is 4. The van der Waals surface area contributed by atoms with Gasteiger partial charge in [0.2, 0.25) is 11.8 Å². The Balaban J connectivity index is 1.51. The average Bonchev–Trinajstić information content (AvgIpc) is 3.22. The summed E-state index contributed by atoms with van der Waals surface area (Å²) in [5.74, 6) is 0.862. The highest BCUT2D eigenvalue weighted by Crippen LogP contribution is 2.29. The van der Waals surface area contributed by atoms with E-state index in [-0.39, 0.29) is 23.5 Å². The quantitative estimate of drug-likeness (QED) is 0.378. The van der Waals surface area contributed by atoms with E-state index in [1.165, 1.54) is 22.9 Å². The number of pyridine rings is 2. The number of nitrogen functional groups attached to an aromatic ring is 1. The average molecular weight is 523 g/mol. The van der Waals surface area contributed by atoms with Crippen LogP contribution in [0, 0.1) is 0 Å². The molecule has 3 aromatic heterocycles. The summed E-state index contributed by atoms with van der Waals surface area (Å²) in [6.07, 6.45) is 6.89. The van der Waals surface area contributed by atoms with Crippen LogP contribution >= 0.6 is 11.6 Å². The fourth-order valence-electron chi connectivity index (χ4n) is 4.60. The second-order valence-electron chi connectivity index (χ2n) is 8.60. The number of halogens is 2. The molecule has 1 aliphatic rings. The van der Waals surface area contributed by atoms with E-state index in [1.54, 1.807) is 58.1 Å². The Kier molecular flexibility index (Phi) is 6.91. The topological polar surface area (TPSA) is 108 Å². The Labute approximate surface area is 216 Å². The van der Waals surface area contributed by atoms with Crippen LogP contribution in [0.1, 0.15) is 18.9 Å². The molecule has 1 saturated heterocycles. The SMILES string of the molecule is Nc1nccc2c1n(-c1ccc(Oc3ccc(Cl)cn3)cc1)c(=O)n2[C@@H]1CCCN(C(=O)/C=C/CF)C1. The second-order valence-corrected chi connectivity index (χ2v) is 9.04. The van der Waals surface area contributed by atoms with Crippen molar-refractivity contribution in [2.75, 3.05) is 25.5 Å². The number of alkyl halides is 1. The first-order valence-corrected chi connectivity index (χ1v) is 12.1. The molecule has 5 rings (SSSR count). The summed E-state index contributed by atoms with van der Waals surface area (Å²) < 4.78 is 21.5. The van der Waals surface area contributed by atoms with Crippen molar-refractivity contribution in [2.24, 2.45) is 0 Å². The molecule has 1 aromatic carbocycles. The van der Waals surface area contributed by atoms with Gasteiger partial charge in [-0.15, -0.1) is 0 Å². The Hall–Kier alpha value is -4.18. The van der Waals surface area contributed by atoms with E-state index in [9.17, 15) is 14.0 Å². The van der Waals surface area contributed by atoms with Crippen molar-refractivity contribution in [2.45, 2.75) is 18.9 Å². The molecule has 4 aromatic rings. The predicted octanol–water partition coefficient (Wildman–Crippen LogP) is 4.30. The van der Waals surface area contributed by atoms with Crippen molar-refractivity contribution in [3.05, 3.63) is 82.5 Å². The molecular formula is C26H24ClFN6O3. The molecule has 0 radical (unpaired) electrons. The second kappa shape index (κ2) is 10.4. The molecule has 1 amide bonds. The summed E-state index contributed by atoms with van der Waals surface area (Å²) in [7, 11) is 0. The molecule has 0 saturated carbocycles. The molecule has 37 heavy (non-hydrogen) atoms. The van der Waals surface area contributed by atoms with Gasteiger partial charge in [0, 0.05) is 37.6 Å². The van der Waals surface area contributed by atoms with Crippen molar-refractivity contribution in [3.8, 4) is 17.3 Å². The normalized spacial score (nSPS) is 15.9. The fourth-order valence-corrected chi connectivity index (χ4v) is 4.72. The summed E-state index contributed by atoms with van der Waals surface area (Å²) in [6, 6.07) is 11.8. The summed E-state index contributed by atoms with van der Waals surface area (Å²) in [5, 5.41) is 0.506. The van der Waals surface area contributed by atoms with Crippen LogP contribution < -0.4 is 16.2 Å². The minimum atomic E-state index is -0.706. The number of fused-ring (bicyclic) bond motifs is 1. The number of anilines is 1. The number of carbonyl (C=O) groups is 1. The van der Waals surface area contributed by atoms with Crippen LogP contribution in [0.25, 0.3) is 16.7 Å².